The monoisotopic (exact) mass is 399 g/mol. The Morgan fingerprint density at radius 2 is 1.66 bits per heavy atom. The largest absolute Gasteiger partial charge is 0.494 e. The number of hydrogen-bond acceptors (Lipinski definition) is 5. The van der Waals surface area contributed by atoms with Crippen molar-refractivity contribution in [2.45, 2.75) is 19.9 Å². The topological polar surface area (TPSA) is 79.9 Å². The van der Waals surface area contributed by atoms with Gasteiger partial charge in [-0.3, -0.25) is 9.59 Å². The Kier molecular flexibility index (Phi) is 8.98. The van der Waals surface area contributed by atoms with Crippen molar-refractivity contribution in [1.82, 2.24) is 10.2 Å². The molecule has 29 heavy (non-hydrogen) atoms. The predicted molar refractivity (Wildman–Crippen MR) is 113 cm³/mol. The van der Waals surface area contributed by atoms with E-state index in [1.165, 1.54) is 0 Å². The number of likely N-dealkylation sites (N-methyl/N-ethyl adjacent to an activating group) is 1. The first-order valence-electron chi connectivity index (χ1n) is 9.62. The summed E-state index contributed by atoms with van der Waals surface area (Å²) in [4.78, 5) is 25.7. The number of nitrogens with zero attached hydrogens (tertiary/aromatic N) is 1. The molecular formula is C22H29N3O4. The van der Waals surface area contributed by atoms with Crippen LogP contribution in [0, 0.1) is 0 Å². The highest BCUT2D eigenvalue weighted by atomic mass is 16.5. The maximum atomic E-state index is 12.0. The first-order valence-corrected chi connectivity index (χ1v) is 9.62. The van der Waals surface area contributed by atoms with Gasteiger partial charge in [0, 0.05) is 12.2 Å². The number of anilines is 1. The van der Waals surface area contributed by atoms with Gasteiger partial charge in [0.25, 0.3) is 5.91 Å². The molecule has 2 N–H and O–H groups in total. The molecule has 0 aliphatic heterocycles. The SMILES string of the molecule is CCCOc1ccc(OCC(=O)NCc2cccc(NC(=O)CN(C)C)c2)cc1. The molecule has 0 atom stereocenters. The molecule has 0 bridgehead atoms. The van der Waals surface area contributed by atoms with E-state index >= 15 is 0 Å². The van der Waals surface area contributed by atoms with Gasteiger partial charge >= 0.3 is 0 Å². The number of nitrogens with one attached hydrogen (secondary N) is 2. The molecule has 0 radical (unpaired) electrons. The van der Waals surface area contributed by atoms with E-state index in [4.69, 9.17) is 9.47 Å². The Morgan fingerprint density at radius 3 is 2.31 bits per heavy atom. The molecule has 0 fully saturated rings. The molecule has 0 saturated heterocycles. The van der Waals surface area contributed by atoms with E-state index in [-0.39, 0.29) is 18.4 Å². The highest BCUT2D eigenvalue weighted by Crippen LogP contribution is 2.17. The summed E-state index contributed by atoms with van der Waals surface area (Å²) in [5.74, 6) is 1.07. The minimum Gasteiger partial charge on any atom is -0.494 e. The predicted octanol–water partition coefficient (Wildman–Crippen LogP) is 2.67. The quantitative estimate of drug-likeness (QED) is 0.607. The van der Waals surface area contributed by atoms with Gasteiger partial charge in [0.05, 0.1) is 13.2 Å². The summed E-state index contributed by atoms with van der Waals surface area (Å²) in [6.45, 7) is 3.30. The molecular weight excluding hydrogens is 370 g/mol. The van der Waals surface area contributed by atoms with Crippen LogP contribution in [-0.4, -0.2) is 50.6 Å². The van der Waals surface area contributed by atoms with E-state index in [1.807, 2.05) is 57.4 Å². The van der Waals surface area contributed by atoms with E-state index in [0.29, 0.717) is 31.1 Å². The number of carbonyl (C=O) groups excluding carboxylic acids is 2. The van der Waals surface area contributed by atoms with E-state index < -0.39 is 0 Å². The molecule has 0 unspecified atom stereocenters. The maximum absolute atomic E-state index is 12.0. The summed E-state index contributed by atoms with van der Waals surface area (Å²) in [5.41, 5.74) is 1.59. The minimum absolute atomic E-state index is 0.0750. The summed E-state index contributed by atoms with van der Waals surface area (Å²) in [7, 11) is 3.67. The Hall–Kier alpha value is -3.06. The number of hydrogen-bond donors (Lipinski definition) is 2. The fourth-order valence-electron chi connectivity index (χ4n) is 2.50. The Bertz CT molecular complexity index is 791. The van der Waals surface area contributed by atoms with Crippen LogP contribution in [0.15, 0.2) is 48.5 Å². The zero-order valence-corrected chi connectivity index (χ0v) is 17.2. The van der Waals surface area contributed by atoms with Gasteiger partial charge in [-0.2, -0.15) is 0 Å². The van der Waals surface area contributed by atoms with Crippen molar-refractivity contribution in [3.05, 3.63) is 54.1 Å². The standard InChI is InChI=1S/C22H29N3O4/c1-4-12-28-19-8-10-20(11-9-19)29-16-22(27)23-14-17-6-5-7-18(13-17)24-21(26)15-25(2)3/h5-11,13H,4,12,14-16H2,1-3H3,(H,23,27)(H,24,26). The molecule has 2 aromatic rings. The second-order valence-corrected chi connectivity index (χ2v) is 6.87. The second kappa shape index (κ2) is 11.7. The minimum atomic E-state index is -0.224. The normalized spacial score (nSPS) is 10.5. The summed E-state index contributed by atoms with van der Waals surface area (Å²) in [5, 5.41) is 5.65. The third-order valence-electron chi connectivity index (χ3n) is 3.83. The van der Waals surface area contributed by atoms with Gasteiger partial charge in [-0.1, -0.05) is 19.1 Å². The van der Waals surface area contributed by atoms with Gasteiger partial charge in [0.1, 0.15) is 11.5 Å². The molecule has 2 aromatic carbocycles. The Morgan fingerprint density at radius 1 is 0.966 bits per heavy atom. The third-order valence-corrected chi connectivity index (χ3v) is 3.83. The van der Waals surface area contributed by atoms with E-state index in [9.17, 15) is 9.59 Å². The van der Waals surface area contributed by atoms with E-state index in [2.05, 4.69) is 10.6 Å². The number of carbonyl (C=O) groups is 2. The summed E-state index contributed by atoms with van der Waals surface area (Å²) in [6, 6.07) is 14.6. The zero-order valence-electron chi connectivity index (χ0n) is 17.2. The summed E-state index contributed by atoms with van der Waals surface area (Å²) >= 11 is 0. The average Bonchev–Trinajstić information content (AvgIpc) is 2.69. The van der Waals surface area contributed by atoms with Crippen LogP contribution in [0.4, 0.5) is 5.69 Å². The fourth-order valence-corrected chi connectivity index (χ4v) is 2.50. The van der Waals surface area contributed by atoms with Crippen LogP contribution in [0.25, 0.3) is 0 Å². The van der Waals surface area contributed by atoms with Gasteiger partial charge in [0.2, 0.25) is 5.91 Å². The summed E-state index contributed by atoms with van der Waals surface area (Å²) < 4.78 is 11.0. The molecule has 0 spiro atoms. The van der Waals surface area contributed by atoms with Crippen molar-refractivity contribution >= 4 is 17.5 Å². The highest BCUT2D eigenvalue weighted by molar-refractivity contribution is 5.92. The van der Waals surface area contributed by atoms with Crippen molar-refractivity contribution in [2.75, 3.05) is 39.2 Å². The van der Waals surface area contributed by atoms with E-state index in [0.717, 1.165) is 17.7 Å². The molecule has 7 nitrogen and oxygen atoms in total. The molecule has 0 saturated carbocycles. The number of amides is 2. The first kappa shape index (κ1) is 22.2. The smallest absolute Gasteiger partial charge is 0.258 e. The van der Waals surface area contributed by atoms with Crippen molar-refractivity contribution in [3.8, 4) is 11.5 Å². The lowest BCUT2D eigenvalue weighted by Crippen LogP contribution is -2.28. The van der Waals surface area contributed by atoms with Gasteiger partial charge in [-0.25, -0.2) is 0 Å². The first-order chi connectivity index (χ1) is 14.0. The third kappa shape index (κ3) is 8.66. The lowest BCUT2D eigenvalue weighted by molar-refractivity contribution is -0.123. The van der Waals surface area contributed by atoms with Crippen LogP contribution in [0.1, 0.15) is 18.9 Å². The van der Waals surface area contributed by atoms with Crippen molar-refractivity contribution < 1.29 is 19.1 Å². The fraction of sp³-hybridized carbons (Fsp3) is 0.364. The lowest BCUT2D eigenvalue weighted by Gasteiger charge is -2.12. The lowest BCUT2D eigenvalue weighted by atomic mass is 10.2. The van der Waals surface area contributed by atoms with Gasteiger partial charge < -0.3 is 25.0 Å². The molecule has 2 amide bonds. The molecule has 0 aliphatic carbocycles. The van der Waals surface area contributed by atoms with E-state index in [1.54, 1.807) is 17.0 Å². The van der Waals surface area contributed by atoms with Crippen molar-refractivity contribution in [2.24, 2.45) is 0 Å². The van der Waals surface area contributed by atoms with Crippen molar-refractivity contribution in [1.29, 1.82) is 0 Å². The van der Waals surface area contributed by atoms with Crippen LogP contribution in [0.3, 0.4) is 0 Å². The molecule has 2 rings (SSSR count). The summed E-state index contributed by atoms with van der Waals surface area (Å²) in [6.07, 6.45) is 0.948. The van der Waals surface area contributed by atoms with Gasteiger partial charge in [-0.05, 0) is 62.5 Å². The van der Waals surface area contributed by atoms with Crippen molar-refractivity contribution in [3.63, 3.8) is 0 Å². The molecule has 0 aromatic heterocycles. The van der Waals surface area contributed by atoms with Crippen LogP contribution in [0.5, 0.6) is 11.5 Å². The van der Waals surface area contributed by atoms with Gasteiger partial charge in [-0.15, -0.1) is 0 Å². The number of ether oxygens (including phenoxy) is 2. The average molecular weight is 399 g/mol. The van der Waals surface area contributed by atoms with Crippen LogP contribution < -0.4 is 20.1 Å². The molecule has 0 heterocycles. The van der Waals surface area contributed by atoms with Crippen LogP contribution in [0.2, 0.25) is 0 Å². The zero-order chi connectivity index (χ0) is 21.1. The molecule has 0 aliphatic rings. The number of rotatable bonds is 11. The second-order valence-electron chi connectivity index (χ2n) is 6.87. The van der Waals surface area contributed by atoms with Gasteiger partial charge in [0.15, 0.2) is 6.61 Å². The van der Waals surface area contributed by atoms with Crippen LogP contribution >= 0.6 is 0 Å². The molecule has 156 valence electrons. The number of benzene rings is 2. The molecule has 7 heteroatoms. The Labute approximate surface area is 172 Å². The highest BCUT2D eigenvalue weighted by Gasteiger charge is 2.06. The Balaban J connectivity index is 1.76. The van der Waals surface area contributed by atoms with Crippen LogP contribution in [-0.2, 0) is 16.1 Å². The maximum Gasteiger partial charge on any atom is 0.258 e.